The zero-order chi connectivity index (χ0) is 19.8. The van der Waals surface area contributed by atoms with Gasteiger partial charge in [-0.25, -0.2) is 4.98 Å². The summed E-state index contributed by atoms with van der Waals surface area (Å²) in [5, 5.41) is 3.05. The minimum atomic E-state index is -0.992. The van der Waals surface area contributed by atoms with Gasteiger partial charge in [-0.3, -0.25) is 9.59 Å². The standard InChI is InChI=1S/C19H20Cl2N2O4/c1-3-26-16-7-5-4-6-13(16)8-9-17(24)27-12(2)19(25)23-18-15(21)10-14(20)11-22-18/h4-7,10-12H,3,8-9H2,1-2H3,(H,22,23,25)/t12-/m0/s1. The van der Waals surface area contributed by atoms with E-state index in [9.17, 15) is 9.59 Å². The molecule has 2 aromatic rings. The predicted octanol–water partition coefficient (Wildman–Crippen LogP) is 4.29. The third-order valence-corrected chi connectivity index (χ3v) is 4.09. The van der Waals surface area contributed by atoms with Crippen molar-refractivity contribution in [1.29, 1.82) is 0 Å². The van der Waals surface area contributed by atoms with Gasteiger partial charge in [0.1, 0.15) is 5.75 Å². The summed E-state index contributed by atoms with van der Waals surface area (Å²) in [6.07, 6.45) is 0.943. The molecule has 1 N–H and O–H groups in total. The number of hydrogen-bond donors (Lipinski definition) is 1. The van der Waals surface area contributed by atoms with Crippen molar-refractivity contribution >= 4 is 40.9 Å². The van der Waals surface area contributed by atoms with Crippen LogP contribution in [0.5, 0.6) is 5.75 Å². The number of aromatic nitrogens is 1. The third-order valence-electron chi connectivity index (χ3n) is 3.60. The van der Waals surface area contributed by atoms with Crippen LogP contribution in [0.2, 0.25) is 10.0 Å². The fraction of sp³-hybridized carbons (Fsp3) is 0.316. The Morgan fingerprint density at radius 2 is 2.00 bits per heavy atom. The molecular weight excluding hydrogens is 391 g/mol. The van der Waals surface area contributed by atoms with E-state index in [1.165, 1.54) is 19.2 Å². The zero-order valence-corrected chi connectivity index (χ0v) is 16.5. The van der Waals surface area contributed by atoms with E-state index in [1.807, 2.05) is 31.2 Å². The molecule has 0 saturated carbocycles. The molecule has 0 aliphatic carbocycles. The van der Waals surface area contributed by atoms with Crippen molar-refractivity contribution in [3.63, 3.8) is 0 Å². The molecule has 144 valence electrons. The molecule has 1 aromatic heterocycles. The van der Waals surface area contributed by atoms with Crippen LogP contribution in [-0.4, -0.2) is 29.6 Å². The molecule has 8 heteroatoms. The minimum Gasteiger partial charge on any atom is -0.494 e. The van der Waals surface area contributed by atoms with Crippen LogP contribution in [0.1, 0.15) is 25.8 Å². The molecule has 6 nitrogen and oxygen atoms in total. The molecule has 2 rings (SSSR count). The van der Waals surface area contributed by atoms with E-state index in [0.29, 0.717) is 18.1 Å². The van der Waals surface area contributed by atoms with Gasteiger partial charge in [-0.2, -0.15) is 0 Å². The van der Waals surface area contributed by atoms with Crippen LogP contribution in [0.4, 0.5) is 5.82 Å². The van der Waals surface area contributed by atoms with E-state index in [2.05, 4.69) is 10.3 Å². The molecule has 0 fully saturated rings. The number of para-hydroxylation sites is 1. The van der Waals surface area contributed by atoms with E-state index in [0.717, 1.165) is 11.3 Å². The number of carbonyl (C=O) groups is 2. The maximum Gasteiger partial charge on any atom is 0.306 e. The van der Waals surface area contributed by atoms with Crippen molar-refractivity contribution in [3.8, 4) is 5.75 Å². The Labute approximate surface area is 167 Å². The molecule has 0 radical (unpaired) electrons. The summed E-state index contributed by atoms with van der Waals surface area (Å²) in [7, 11) is 0. The largest absolute Gasteiger partial charge is 0.494 e. The number of ether oxygens (including phenoxy) is 2. The highest BCUT2D eigenvalue weighted by Crippen LogP contribution is 2.23. The van der Waals surface area contributed by atoms with Crippen molar-refractivity contribution in [2.75, 3.05) is 11.9 Å². The Kier molecular flexibility index (Phi) is 7.88. The number of halogens is 2. The number of aryl methyl sites for hydroxylation is 1. The van der Waals surface area contributed by atoms with E-state index in [1.54, 1.807) is 0 Å². The number of hydrogen-bond acceptors (Lipinski definition) is 5. The van der Waals surface area contributed by atoms with Gasteiger partial charge in [-0.05, 0) is 38.0 Å². The lowest BCUT2D eigenvalue weighted by Crippen LogP contribution is -2.30. The van der Waals surface area contributed by atoms with Crippen LogP contribution in [0, 0.1) is 0 Å². The van der Waals surface area contributed by atoms with Crippen molar-refractivity contribution in [2.24, 2.45) is 0 Å². The Hall–Kier alpha value is -2.31. The summed E-state index contributed by atoms with van der Waals surface area (Å²) in [6, 6.07) is 8.95. The second-order valence-corrected chi connectivity index (χ2v) is 6.49. The first-order valence-corrected chi connectivity index (χ1v) is 9.18. The molecule has 0 saturated heterocycles. The molecule has 0 bridgehead atoms. The van der Waals surface area contributed by atoms with Gasteiger partial charge in [0.05, 0.1) is 16.7 Å². The number of esters is 1. The Morgan fingerprint density at radius 3 is 2.70 bits per heavy atom. The summed E-state index contributed by atoms with van der Waals surface area (Å²) in [5.74, 6) is -0.129. The van der Waals surface area contributed by atoms with Gasteiger partial charge in [0.25, 0.3) is 5.91 Å². The second kappa shape index (κ2) is 10.1. The molecule has 0 unspecified atom stereocenters. The number of amides is 1. The maximum absolute atomic E-state index is 12.2. The number of benzene rings is 1. The normalized spacial score (nSPS) is 11.6. The average Bonchev–Trinajstić information content (AvgIpc) is 2.63. The molecule has 1 amide bonds. The predicted molar refractivity (Wildman–Crippen MR) is 104 cm³/mol. The Balaban J connectivity index is 1.87. The SMILES string of the molecule is CCOc1ccccc1CCC(=O)O[C@@H](C)C(=O)Nc1ncc(Cl)cc1Cl. The lowest BCUT2D eigenvalue weighted by atomic mass is 10.1. The molecule has 1 atom stereocenters. The highest BCUT2D eigenvalue weighted by Gasteiger charge is 2.19. The molecular formula is C19H20Cl2N2O4. The molecule has 1 heterocycles. The van der Waals surface area contributed by atoms with Gasteiger partial charge < -0.3 is 14.8 Å². The van der Waals surface area contributed by atoms with Crippen molar-refractivity contribution in [3.05, 3.63) is 52.1 Å². The number of carbonyl (C=O) groups excluding carboxylic acids is 2. The number of pyridine rings is 1. The molecule has 0 aliphatic heterocycles. The molecule has 0 aliphatic rings. The number of nitrogens with one attached hydrogen (secondary N) is 1. The summed E-state index contributed by atoms with van der Waals surface area (Å²) in [4.78, 5) is 28.2. The van der Waals surface area contributed by atoms with E-state index < -0.39 is 18.0 Å². The Morgan fingerprint density at radius 1 is 1.26 bits per heavy atom. The lowest BCUT2D eigenvalue weighted by Gasteiger charge is -2.14. The summed E-state index contributed by atoms with van der Waals surface area (Å²) >= 11 is 11.7. The maximum atomic E-state index is 12.2. The molecule has 1 aromatic carbocycles. The van der Waals surface area contributed by atoms with E-state index >= 15 is 0 Å². The average molecular weight is 411 g/mol. The first-order valence-electron chi connectivity index (χ1n) is 8.42. The van der Waals surface area contributed by atoms with E-state index in [4.69, 9.17) is 32.7 Å². The van der Waals surface area contributed by atoms with Crippen LogP contribution in [-0.2, 0) is 20.7 Å². The molecule has 0 spiro atoms. The van der Waals surface area contributed by atoms with Gasteiger partial charge in [-0.1, -0.05) is 41.4 Å². The quantitative estimate of drug-likeness (QED) is 0.656. The number of rotatable bonds is 8. The third kappa shape index (κ3) is 6.41. The van der Waals surface area contributed by atoms with Gasteiger partial charge >= 0.3 is 5.97 Å². The van der Waals surface area contributed by atoms with Crippen LogP contribution < -0.4 is 10.1 Å². The van der Waals surface area contributed by atoms with Crippen molar-refractivity contribution in [2.45, 2.75) is 32.8 Å². The minimum absolute atomic E-state index is 0.127. The lowest BCUT2D eigenvalue weighted by molar-refractivity contribution is -0.153. The van der Waals surface area contributed by atoms with Gasteiger partial charge in [0.15, 0.2) is 11.9 Å². The van der Waals surface area contributed by atoms with Gasteiger partial charge in [0, 0.05) is 12.6 Å². The summed E-state index contributed by atoms with van der Waals surface area (Å²) in [5.41, 5.74) is 0.908. The smallest absolute Gasteiger partial charge is 0.306 e. The molecule has 27 heavy (non-hydrogen) atoms. The Bertz CT molecular complexity index is 814. The fourth-order valence-corrected chi connectivity index (χ4v) is 2.71. The van der Waals surface area contributed by atoms with Crippen molar-refractivity contribution in [1.82, 2.24) is 4.98 Å². The van der Waals surface area contributed by atoms with Crippen LogP contribution in [0.15, 0.2) is 36.5 Å². The van der Waals surface area contributed by atoms with Crippen LogP contribution in [0.25, 0.3) is 0 Å². The van der Waals surface area contributed by atoms with Crippen LogP contribution in [0.3, 0.4) is 0 Å². The van der Waals surface area contributed by atoms with Crippen molar-refractivity contribution < 1.29 is 19.1 Å². The zero-order valence-electron chi connectivity index (χ0n) is 15.0. The fourth-order valence-electron chi connectivity index (χ4n) is 2.28. The topological polar surface area (TPSA) is 77.5 Å². The monoisotopic (exact) mass is 410 g/mol. The summed E-state index contributed by atoms with van der Waals surface area (Å²) in [6.45, 7) is 3.91. The number of nitrogens with zero attached hydrogens (tertiary/aromatic N) is 1. The first kappa shape index (κ1) is 21.0. The highest BCUT2D eigenvalue weighted by atomic mass is 35.5. The van der Waals surface area contributed by atoms with E-state index in [-0.39, 0.29) is 17.3 Å². The van der Waals surface area contributed by atoms with Crippen LogP contribution >= 0.6 is 23.2 Å². The number of anilines is 1. The first-order chi connectivity index (χ1) is 12.9. The van der Waals surface area contributed by atoms with Gasteiger partial charge in [-0.15, -0.1) is 0 Å². The highest BCUT2D eigenvalue weighted by molar-refractivity contribution is 6.36. The second-order valence-electron chi connectivity index (χ2n) is 5.65. The van der Waals surface area contributed by atoms with Gasteiger partial charge in [0.2, 0.25) is 0 Å². The summed E-state index contributed by atoms with van der Waals surface area (Å²) < 4.78 is 10.7.